The van der Waals surface area contributed by atoms with E-state index >= 15 is 0 Å². The topological polar surface area (TPSA) is 84.9 Å². The second-order valence-corrected chi connectivity index (χ2v) is 2.83. The summed E-state index contributed by atoms with van der Waals surface area (Å²) < 4.78 is 9.59. The lowest BCUT2D eigenvalue weighted by atomic mass is 10.3. The summed E-state index contributed by atoms with van der Waals surface area (Å²) in [6.45, 7) is 4.20. The van der Waals surface area contributed by atoms with Crippen LogP contribution in [0.15, 0.2) is 0 Å². The van der Waals surface area contributed by atoms with Crippen molar-refractivity contribution in [1.82, 2.24) is 5.32 Å². The quantitative estimate of drug-likeness (QED) is 0.655. The number of hydrogen-bond acceptors (Lipinski definition) is 4. The molecule has 1 atom stereocenters. The SMILES string of the molecule is CCCOC(=O)NC(COCC)C(=O)O. The molecule has 1 amide bonds. The van der Waals surface area contributed by atoms with Gasteiger partial charge in [-0.3, -0.25) is 0 Å². The molecule has 0 saturated carbocycles. The van der Waals surface area contributed by atoms with Gasteiger partial charge < -0.3 is 19.9 Å². The zero-order chi connectivity index (χ0) is 11.7. The number of carboxylic acid groups (broad SMARTS) is 1. The molecule has 0 fully saturated rings. The summed E-state index contributed by atoms with van der Waals surface area (Å²) >= 11 is 0. The predicted molar refractivity (Wildman–Crippen MR) is 52.7 cm³/mol. The number of alkyl carbamates (subject to hydrolysis) is 1. The van der Waals surface area contributed by atoms with E-state index < -0.39 is 18.1 Å². The van der Waals surface area contributed by atoms with E-state index in [1.165, 1.54) is 0 Å². The van der Waals surface area contributed by atoms with Crippen LogP contribution in [0, 0.1) is 0 Å². The summed E-state index contributed by atoms with van der Waals surface area (Å²) in [6, 6.07) is -1.06. The van der Waals surface area contributed by atoms with Gasteiger partial charge in [-0.25, -0.2) is 9.59 Å². The summed E-state index contributed by atoms with van der Waals surface area (Å²) in [4.78, 5) is 21.7. The van der Waals surface area contributed by atoms with Crippen LogP contribution >= 0.6 is 0 Å². The first-order valence-corrected chi connectivity index (χ1v) is 4.85. The van der Waals surface area contributed by atoms with Crippen LogP contribution in [0.4, 0.5) is 4.79 Å². The number of rotatable bonds is 7. The summed E-state index contributed by atoms with van der Waals surface area (Å²) in [6.07, 6.45) is -0.0414. The molecule has 0 aliphatic carbocycles. The van der Waals surface area contributed by atoms with Crippen LogP contribution < -0.4 is 5.32 Å². The molecule has 0 aliphatic rings. The number of amides is 1. The van der Waals surface area contributed by atoms with E-state index in [-0.39, 0.29) is 13.2 Å². The highest BCUT2D eigenvalue weighted by molar-refractivity contribution is 5.79. The Morgan fingerprint density at radius 3 is 2.53 bits per heavy atom. The van der Waals surface area contributed by atoms with Crippen LogP contribution in [0.2, 0.25) is 0 Å². The highest BCUT2D eigenvalue weighted by atomic mass is 16.5. The zero-order valence-corrected chi connectivity index (χ0v) is 8.99. The molecular weight excluding hydrogens is 202 g/mol. The lowest BCUT2D eigenvalue weighted by Gasteiger charge is -2.13. The van der Waals surface area contributed by atoms with Crippen molar-refractivity contribution in [3.05, 3.63) is 0 Å². The Hall–Kier alpha value is -1.30. The second kappa shape index (κ2) is 8.05. The van der Waals surface area contributed by atoms with Gasteiger partial charge in [0.1, 0.15) is 0 Å². The lowest BCUT2D eigenvalue weighted by molar-refractivity contribution is -0.140. The van der Waals surface area contributed by atoms with E-state index in [1.807, 2.05) is 6.92 Å². The molecular formula is C9H17NO5. The Morgan fingerprint density at radius 2 is 2.07 bits per heavy atom. The number of carbonyl (C=O) groups excluding carboxylic acids is 1. The van der Waals surface area contributed by atoms with Gasteiger partial charge in [-0.1, -0.05) is 6.92 Å². The van der Waals surface area contributed by atoms with E-state index in [9.17, 15) is 9.59 Å². The molecule has 0 saturated heterocycles. The summed E-state index contributed by atoms with van der Waals surface area (Å²) in [5, 5.41) is 10.9. The third-order valence-corrected chi connectivity index (χ3v) is 1.52. The number of nitrogens with one attached hydrogen (secondary N) is 1. The average Bonchev–Trinajstić information content (AvgIpc) is 2.20. The van der Waals surface area contributed by atoms with Gasteiger partial charge in [0.05, 0.1) is 13.2 Å². The first-order valence-electron chi connectivity index (χ1n) is 4.85. The third kappa shape index (κ3) is 6.73. The number of ether oxygens (including phenoxy) is 2. The molecule has 0 aromatic carbocycles. The molecule has 2 N–H and O–H groups in total. The fourth-order valence-corrected chi connectivity index (χ4v) is 0.789. The maximum atomic E-state index is 11.0. The molecule has 1 unspecified atom stereocenters. The Bertz CT molecular complexity index is 207. The zero-order valence-electron chi connectivity index (χ0n) is 8.99. The molecule has 15 heavy (non-hydrogen) atoms. The number of carboxylic acids is 1. The van der Waals surface area contributed by atoms with Gasteiger partial charge in [-0.05, 0) is 13.3 Å². The third-order valence-electron chi connectivity index (χ3n) is 1.52. The lowest BCUT2D eigenvalue weighted by Crippen LogP contribution is -2.44. The molecule has 0 bridgehead atoms. The minimum atomic E-state index is -1.14. The van der Waals surface area contributed by atoms with Crippen molar-refractivity contribution in [1.29, 1.82) is 0 Å². The molecule has 6 heteroatoms. The fourth-order valence-electron chi connectivity index (χ4n) is 0.789. The van der Waals surface area contributed by atoms with Crippen molar-refractivity contribution in [2.24, 2.45) is 0 Å². The Balaban J connectivity index is 3.93. The standard InChI is InChI=1S/C9H17NO5/c1-3-5-15-9(13)10-7(8(11)12)6-14-4-2/h7H,3-6H2,1-2H3,(H,10,13)(H,11,12). The van der Waals surface area contributed by atoms with Gasteiger partial charge in [0.2, 0.25) is 0 Å². The minimum absolute atomic E-state index is 0.0624. The van der Waals surface area contributed by atoms with E-state index in [2.05, 4.69) is 10.1 Å². The Morgan fingerprint density at radius 1 is 1.40 bits per heavy atom. The molecule has 0 aromatic heterocycles. The molecule has 0 rings (SSSR count). The van der Waals surface area contributed by atoms with Crippen LogP contribution in [-0.4, -0.2) is 43.0 Å². The van der Waals surface area contributed by atoms with E-state index in [1.54, 1.807) is 6.92 Å². The number of carbonyl (C=O) groups is 2. The Labute approximate surface area is 88.6 Å². The largest absolute Gasteiger partial charge is 0.480 e. The smallest absolute Gasteiger partial charge is 0.407 e. The van der Waals surface area contributed by atoms with Crippen LogP contribution in [0.5, 0.6) is 0 Å². The van der Waals surface area contributed by atoms with E-state index in [0.29, 0.717) is 13.0 Å². The molecule has 0 heterocycles. The maximum Gasteiger partial charge on any atom is 0.407 e. The van der Waals surface area contributed by atoms with Gasteiger partial charge in [0.15, 0.2) is 6.04 Å². The predicted octanol–water partition coefficient (Wildman–Crippen LogP) is 0.612. The monoisotopic (exact) mass is 219 g/mol. The summed E-state index contributed by atoms with van der Waals surface area (Å²) in [5.41, 5.74) is 0. The van der Waals surface area contributed by atoms with Crippen LogP contribution in [0.25, 0.3) is 0 Å². The fraction of sp³-hybridized carbons (Fsp3) is 0.778. The first-order chi connectivity index (χ1) is 7.11. The van der Waals surface area contributed by atoms with Crippen molar-refractivity contribution >= 4 is 12.1 Å². The molecule has 6 nitrogen and oxygen atoms in total. The van der Waals surface area contributed by atoms with Gasteiger partial charge in [-0.15, -0.1) is 0 Å². The molecule has 0 spiro atoms. The highest BCUT2D eigenvalue weighted by Crippen LogP contribution is 1.90. The van der Waals surface area contributed by atoms with Crippen LogP contribution in [0.3, 0.4) is 0 Å². The van der Waals surface area contributed by atoms with E-state index in [0.717, 1.165) is 0 Å². The van der Waals surface area contributed by atoms with Crippen molar-refractivity contribution in [3.63, 3.8) is 0 Å². The van der Waals surface area contributed by atoms with Crippen molar-refractivity contribution < 1.29 is 24.2 Å². The first kappa shape index (κ1) is 13.7. The summed E-state index contributed by atoms with van der Waals surface area (Å²) in [7, 11) is 0. The average molecular weight is 219 g/mol. The van der Waals surface area contributed by atoms with Crippen LogP contribution in [-0.2, 0) is 14.3 Å². The molecule has 0 aliphatic heterocycles. The normalized spacial score (nSPS) is 11.9. The number of hydrogen-bond donors (Lipinski definition) is 2. The van der Waals surface area contributed by atoms with Crippen molar-refractivity contribution in [2.45, 2.75) is 26.3 Å². The van der Waals surface area contributed by atoms with E-state index in [4.69, 9.17) is 9.84 Å². The summed E-state index contributed by atoms with van der Waals surface area (Å²) in [5.74, 6) is -1.14. The molecule has 88 valence electrons. The minimum Gasteiger partial charge on any atom is -0.480 e. The van der Waals surface area contributed by atoms with Gasteiger partial charge in [-0.2, -0.15) is 0 Å². The van der Waals surface area contributed by atoms with Gasteiger partial charge in [0, 0.05) is 6.61 Å². The second-order valence-electron chi connectivity index (χ2n) is 2.83. The van der Waals surface area contributed by atoms with Gasteiger partial charge in [0.25, 0.3) is 0 Å². The molecule has 0 radical (unpaired) electrons. The highest BCUT2D eigenvalue weighted by Gasteiger charge is 2.20. The van der Waals surface area contributed by atoms with Crippen molar-refractivity contribution in [3.8, 4) is 0 Å². The Kier molecular flexibility index (Phi) is 7.35. The van der Waals surface area contributed by atoms with Gasteiger partial charge >= 0.3 is 12.1 Å². The van der Waals surface area contributed by atoms with Crippen LogP contribution in [0.1, 0.15) is 20.3 Å². The maximum absolute atomic E-state index is 11.0. The number of aliphatic carboxylic acids is 1. The molecule has 0 aromatic rings. The van der Waals surface area contributed by atoms with Crippen molar-refractivity contribution in [2.75, 3.05) is 19.8 Å².